The second-order valence-electron chi connectivity index (χ2n) is 5.57. The Morgan fingerprint density at radius 1 is 0.963 bits per heavy atom. The number of carbonyl (C=O) groups excluding carboxylic acids is 2. The van der Waals surface area contributed by atoms with Crippen molar-refractivity contribution in [3.63, 3.8) is 0 Å². The Kier molecular flexibility index (Phi) is 6.17. The molecule has 0 saturated heterocycles. The standard InChI is InChI=1S/C20H16FN3O2S/c21-15-6-8-18(9-7-15)27-13-19(25)23-16-4-1-3-14(11-16)20(26)24-17-5-2-10-22-12-17/h1-12H,13H2,(H,23,25)(H,24,26). The first kappa shape index (κ1) is 18.6. The predicted molar refractivity (Wildman–Crippen MR) is 104 cm³/mol. The van der Waals surface area contributed by atoms with E-state index in [1.165, 1.54) is 23.9 Å². The molecule has 0 radical (unpaired) electrons. The van der Waals surface area contributed by atoms with Crippen molar-refractivity contribution in [3.8, 4) is 0 Å². The summed E-state index contributed by atoms with van der Waals surface area (Å²) in [7, 11) is 0. The van der Waals surface area contributed by atoms with Gasteiger partial charge in [-0.05, 0) is 54.6 Å². The summed E-state index contributed by atoms with van der Waals surface area (Å²) in [4.78, 5) is 29.2. The molecule has 2 aromatic carbocycles. The average molecular weight is 381 g/mol. The Morgan fingerprint density at radius 2 is 1.74 bits per heavy atom. The molecule has 0 atom stereocenters. The molecule has 3 aromatic rings. The van der Waals surface area contributed by atoms with Crippen LogP contribution in [0.2, 0.25) is 0 Å². The van der Waals surface area contributed by atoms with Crippen molar-refractivity contribution < 1.29 is 14.0 Å². The van der Waals surface area contributed by atoms with E-state index >= 15 is 0 Å². The van der Waals surface area contributed by atoms with Gasteiger partial charge in [-0.3, -0.25) is 14.6 Å². The number of rotatable bonds is 6. The van der Waals surface area contributed by atoms with E-state index in [9.17, 15) is 14.0 Å². The van der Waals surface area contributed by atoms with Crippen LogP contribution in [-0.2, 0) is 4.79 Å². The Morgan fingerprint density at radius 3 is 2.48 bits per heavy atom. The number of hydrogen-bond donors (Lipinski definition) is 2. The molecule has 0 aliphatic heterocycles. The van der Waals surface area contributed by atoms with Gasteiger partial charge < -0.3 is 10.6 Å². The highest BCUT2D eigenvalue weighted by Crippen LogP contribution is 2.19. The van der Waals surface area contributed by atoms with Gasteiger partial charge in [-0.2, -0.15) is 0 Å². The minimum Gasteiger partial charge on any atom is -0.325 e. The Hall–Kier alpha value is -3.19. The average Bonchev–Trinajstić information content (AvgIpc) is 2.68. The second kappa shape index (κ2) is 8.95. The molecule has 2 N–H and O–H groups in total. The van der Waals surface area contributed by atoms with Crippen molar-refractivity contribution in [2.45, 2.75) is 4.90 Å². The summed E-state index contributed by atoms with van der Waals surface area (Å²) in [5.41, 5.74) is 1.54. The zero-order valence-electron chi connectivity index (χ0n) is 14.2. The predicted octanol–water partition coefficient (Wildman–Crippen LogP) is 4.20. The SMILES string of the molecule is O=C(CSc1ccc(F)cc1)Nc1cccc(C(=O)Nc2cccnc2)c1. The van der Waals surface area contributed by atoms with Gasteiger partial charge in [-0.1, -0.05) is 6.07 Å². The number of amides is 2. The van der Waals surface area contributed by atoms with Crippen LogP contribution in [0.4, 0.5) is 15.8 Å². The third-order valence-corrected chi connectivity index (χ3v) is 4.52. The van der Waals surface area contributed by atoms with E-state index in [2.05, 4.69) is 15.6 Å². The molecule has 0 fully saturated rings. The number of pyridine rings is 1. The van der Waals surface area contributed by atoms with Gasteiger partial charge in [-0.15, -0.1) is 11.8 Å². The Balaban J connectivity index is 1.57. The summed E-state index contributed by atoms with van der Waals surface area (Å²) in [6.45, 7) is 0. The number of carbonyl (C=O) groups is 2. The maximum Gasteiger partial charge on any atom is 0.255 e. The maximum absolute atomic E-state index is 12.9. The molecule has 1 heterocycles. The molecular weight excluding hydrogens is 365 g/mol. The van der Waals surface area contributed by atoms with Crippen LogP contribution < -0.4 is 10.6 Å². The number of halogens is 1. The lowest BCUT2D eigenvalue weighted by Gasteiger charge is -2.08. The molecule has 1 aromatic heterocycles. The first-order valence-electron chi connectivity index (χ1n) is 8.10. The van der Waals surface area contributed by atoms with Crippen molar-refractivity contribution in [1.82, 2.24) is 4.98 Å². The van der Waals surface area contributed by atoms with Gasteiger partial charge in [0.1, 0.15) is 5.82 Å². The van der Waals surface area contributed by atoms with E-state index in [4.69, 9.17) is 0 Å². The molecular formula is C20H16FN3O2S. The molecule has 3 rings (SSSR count). The van der Waals surface area contributed by atoms with Crippen molar-refractivity contribution in [2.75, 3.05) is 16.4 Å². The second-order valence-corrected chi connectivity index (χ2v) is 6.62. The van der Waals surface area contributed by atoms with Crippen LogP contribution >= 0.6 is 11.8 Å². The molecule has 0 unspecified atom stereocenters. The number of nitrogens with zero attached hydrogens (tertiary/aromatic N) is 1. The summed E-state index contributed by atoms with van der Waals surface area (Å²) in [5.74, 6) is -0.642. The first-order valence-corrected chi connectivity index (χ1v) is 9.08. The molecule has 0 aliphatic carbocycles. The largest absolute Gasteiger partial charge is 0.325 e. The summed E-state index contributed by atoms with van der Waals surface area (Å²) < 4.78 is 12.9. The van der Waals surface area contributed by atoms with Crippen LogP contribution in [0.15, 0.2) is 78.0 Å². The van der Waals surface area contributed by atoms with Gasteiger partial charge in [0.2, 0.25) is 5.91 Å². The topological polar surface area (TPSA) is 71.1 Å². The molecule has 5 nitrogen and oxygen atoms in total. The van der Waals surface area contributed by atoms with E-state index in [1.807, 2.05) is 0 Å². The molecule has 2 amide bonds. The monoisotopic (exact) mass is 381 g/mol. The fourth-order valence-electron chi connectivity index (χ4n) is 2.25. The Labute approximate surface area is 160 Å². The molecule has 0 bridgehead atoms. The fourth-order valence-corrected chi connectivity index (χ4v) is 2.95. The fraction of sp³-hybridized carbons (Fsp3) is 0.0500. The van der Waals surface area contributed by atoms with E-state index in [-0.39, 0.29) is 23.4 Å². The van der Waals surface area contributed by atoms with Crippen molar-refractivity contribution in [2.24, 2.45) is 0 Å². The van der Waals surface area contributed by atoms with Gasteiger partial charge in [0.15, 0.2) is 0 Å². The number of thioether (sulfide) groups is 1. The van der Waals surface area contributed by atoms with Gasteiger partial charge in [0, 0.05) is 22.3 Å². The van der Waals surface area contributed by atoms with Crippen LogP contribution in [0.5, 0.6) is 0 Å². The van der Waals surface area contributed by atoms with Gasteiger partial charge in [0.25, 0.3) is 5.91 Å². The minimum atomic E-state index is -0.315. The number of hydrogen-bond acceptors (Lipinski definition) is 4. The smallest absolute Gasteiger partial charge is 0.255 e. The normalized spacial score (nSPS) is 10.3. The van der Waals surface area contributed by atoms with Crippen LogP contribution in [0.1, 0.15) is 10.4 Å². The van der Waals surface area contributed by atoms with Crippen molar-refractivity contribution >= 4 is 35.0 Å². The maximum atomic E-state index is 12.9. The van der Waals surface area contributed by atoms with Gasteiger partial charge in [-0.25, -0.2) is 4.39 Å². The zero-order valence-corrected chi connectivity index (χ0v) is 15.0. The van der Waals surface area contributed by atoms with Crippen LogP contribution in [0, 0.1) is 5.82 Å². The highest BCUT2D eigenvalue weighted by Gasteiger charge is 2.09. The first-order chi connectivity index (χ1) is 13.1. The molecule has 0 spiro atoms. The van der Waals surface area contributed by atoms with E-state index in [1.54, 1.807) is 60.9 Å². The zero-order chi connectivity index (χ0) is 19.1. The summed E-state index contributed by atoms with van der Waals surface area (Å²) in [6, 6.07) is 16.1. The van der Waals surface area contributed by atoms with Crippen LogP contribution in [-0.4, -0.2) is 22.6 Å². The molecule has 0 saturated carbocycles. The lowest BCUT2D eigenvalue weighted by Crippen LogP contribution is -2.16. The number of aromatic nitrogens is 1. The third kappa shape index (κ3) is 5.65. The number of benzene rings is 2. The van der Waals surface area contributed by atoms with E-state index < -0.39 is 0 Å². The summed E-state index contributed by atoms with van der Waals surface area (Å²) >= 11 is 1.30. The number of nitrogens with one attached hydrogen (secondary N) is 2. The highest BCUT2D eigenvalue weighted by atomic mass is 32.2. The van der Waals surface area contributed by atoms with Crippen LogP contribution in [0.3, 0.4) is 0 Å². The van der Waals surface area contributed by atoms with E-state index in [0.29, 0.717) is 16.9 Å². The Bertz CT molecular complexity index is 933. The molecule has 27 heavy (non-hydrogen) atoms. The third-order valence-electron chi connectivity index (χ3n) is 3.51. The highest BCUT2D eigenvalue weighted by molar-refractivity contribution is 8.00. The molecule has 136 valence electrons. The molecule has 0 aliphatic rings. The lowest BCUT2D eigenvalue weighted by molar-refractivity contribution is -0.113. The quantitative estimate of drug-likeness (QED) is 0.628. The lowest BCUT2D eigenvalue weighted by atomic mass is 10.2. The van der Waals surface area contributed by atoms with Crippen molar-refractivity contribution in [1.29, 1.82) is 0 Å². The molecule has 7 heteroatoms. The van der Waals surface area contributed by atoms with Gasteiger partial charge >= 0.3 is 0 Å². The summed E-state index contributed by atoms with van der Waals surface area (Å²) in [6.07, 6.45) is 3.17. The van der Waals surface area contributed by atoms with Crippen molar-refractivity contribution in [3.05, 3.63) is 84.4 Å². The minimum absolute atomic E-state index is 0.178. The van der Waals surface area contributed by atoms with E-state index in [0.717, 1.165) is 4.90 Å². The van der Waals surface area contributed by atoms with Crippen LogP contribution in [0.25, 0.3) is 0 Å². The number of anilines is 2. The summed E-state index contributed by atoms with van der Waals surface area (Å²) in [5, 5.41) is 5.50. The van der Waals surface area contributed by atoms with Gasteiger partial charge in [0.05, 0.1) is 17.6 Å².